The Balaban J connectivity index is 1.22. The lowest BCUT2D eigenvalue weighted by molar-refractivity contribution is -0.903. The summed E-state index contributed by atoms with van der Waals surface area (Å²) in [5, 5.41) is 11.8. The maximum atomic E-state index is 12.6. The van der Waals surface area contributed by atoms with E-state index in [1.54, 1.807) is 48.5 Å². The van der Waals surface area contributed by atoms with Crippen molar-refractivity contribution in [1.82, 2.24) is 0 Å². The van der Waals surface area contributed by atoms with Gasteiger partial charge in [-0.25, -0.2) is 0 Å². The minimum atomic E-state index is -0.562. The number of carbonyl (C=O) groups is 1. The second-order valence-corrected chi connectivity index (χ2v) is 9.12. The van der Waals surface area contributed by atoms with Gasteiger partial charge in [0.2, 0.25) is 0 Å². The first kappa shape index (κ1) is 23.6. The molecule has 1 heterocycles. The number of nitrogens with one attached hydrogen (secondary N) is 1. The summed E-state index contributed by atoms with van der Waals surface area (Å²) in [4.78, 5) is 16.2. The third-order valence-corrected chi connectivity index (χ3v) is 6.32. The Labute approximate surface area is 204 Å². The van der Waals surface area contributed by atoms with Gasteiger partial charge in [0, 0.05) is 26.9 Å². The zero-order chi connectivity index (χ0) is 23.2. The quantitative estimate of drug-likeness (QED) is 0.480. The summed E-state index contributed by atoms with van der Waals surface area (Å²) in [7, 11) is 0. The van der Waals surface area contributed by atoms with Gasteiger partial charge >= 0.3 is 0 Å². The minimum absolute atomic E-state index is 0.0706. The topological polar surface area (TPSA) is 54.2 Å². The molecule has 0 unspecified atom stereocenters. The van der Waals surface area contributed by atoms with Gasteiger partial charge in [0.1, 0.15) is 25.0 Å². The Kier molecular flexibility index (Phi) is 7.89. The van der Waals surface area contributed by atoms with Crippen molar-refractivity contribution in [2.45, 2.75) is 6.10 Å². The number of halogens is 2. The van der Waals surface area contributed by atoms with Gasteiger partial charge in [-0.1, -0.05) is 29.3 Å². The lowest BCUT2D eigenvalue weighted by Crippen LogP contribution is -3.16. The van der Waals surface area contributed by atoms with Gasteiger partial charge in [-0.3, -0.25) is 4.79 Å². The summed E-state index contributed by atoms with van der Waals surface area (Å²) in [6.07, 6.45) is -0.562. The molecule has 0 amide bonds. The van der Waals surface area contributed by atoms with Crippen LogP contribution in [0.4, 0.5) is 5.69 Å². The highest BCUT2D eigenvalue weighted by atomic mass is 35.5. The van der Waals surface area contributed by atoms with E-state index in [9.17, 15) is 9.90 Å². The number of aliphatic hydroxyl groups excluding tert-OH is 1. The van der Waals surface area contributed by atoms with Gasteiger partial charge in [0.25, 0.3) is 0 Å². The van der Waals surface area contributed by atoms with Crippen molar-refractivity contribution in [3.63, 3.8) is 0 Å². The van der Waals surface area contributed by atoms with Crippen molar-refractivity contribution in [3.05, 3.63) is 94.0 Å². The monoisotopic (exact) mass is 485 g/mol. The third kappa shape index (κ3) is 6.49. The van der Waals surface area contributed by atoms with Crippen molar-refractivity contribution in [3.8, 4) is 5.75 Å². The maximum Gasteiger partial charge on any atom is 0.193 e. The lowest BCUT2D eigenvalue weighted by Gasteiger charge is -2.34. The molecule has 3 aromatic carbocycles. The number of rotatable bonds is 8. The molecule has 7 heteroatoms. The standard InChI is InChI=1S/C26H26Cl2N2O3/c27-21-8-4-19(5-9-21)26(32)20-6-10-25(11-7-20)33-18-24(31)17-29-12-14-30(15-13-29)23-3-1-2-22(28)16-23/h1-11,16,24,31H,12-15,17-18H2/p+1/t24-/m1/s1. The van der Waals surface area contributed by atoms with Crippen LogP contribution in [0.15, 0.2) is 72.8 Å². The predicted molar refractivity (Wildman–Crippen MR) is 132 cm³/mol. The van der Waals surface area contributed by atoms with Crippen LogP contribution in [0.1, 0.15) is 15.9 Å². The predicted octanol–water partition coefficient (Wildman–Crippen LogP) is 3.37. The molecular formula is C26H27Cl2N2O3+. The molecule has 3 aromatic rings. The first-order valence-corrected chi connectivity index (χ1v) is 11.8. The number of ether oxygens (including phenoxy) is 1. The molecule has 0 radical (unpaired) electrons. The zero-order valence-electron chi connectivity index (χ0n) is 18.2. The van der Waals surface area contributed by atoms with Crippen molar-refractivity contribution in [2.24, 2.45) is 0 Å². The molecule has 1 saturated heterocycles. The molecule has 2 N–H and O–H groups in total. The zero-order valence-corrected chi connectivity index (χ0v) is 19.7. The number of quaternary nitrogens is 1. The van der Waals surface area contributed by atoms with Crippen molar-refractivity contribution in [2.75, 3.05) is 44.2 Å². The van der Waals surface area contributed by atoms with Crippen LogP contribution in [0.2, 0.25) is 10.0 Å². The van der Waals surface area contributed by atoms with Crippen LogP contribution in [0.5, 0.6) is 5.75 Å². The average molecular weight is 486 g/mol. The van der Waals surface area contributed by atoms with Gasteiger partial charge < -0.3 is 19.6 Å². The molecule has 33 heavy (non-hydrogen) atoms. The van der Waals surface area contributed by atoms with Crippen LogP contribution in [0, 0.1) is 0 Å². The van der Waals surface area contributed by atoms with Crippen LogP contribution in [0.25, 0.3) is 0 Å². The SMILES string of the molecule is O=C(c1ccc(Cl)cc1)c1ccc(OC[C@H](O)C[NH+]2CCN(c3cccc(Cl)c3)CC2)cc1. The van der Waals surface area contributed by atoms with Gasteiger partial charge in [-0.15, -0.1) is 0 Å². The van der Waals surface area contributed by atoms with Crippen LogP contribution in [0.3, 0.4) is 0 Å². The number of hydrogen-bond donors (Lipinski definition) is 2. The molecular weight excluding hydrogens is 459 g/mol. The molecule has 4 rings (SSSR count). The van der Waals surface area contributed by atoms with Crippen molar-refractivity contribution < 1.29 is 19.5 Å². The van der Waals surface area contributed by atoms with E-state index in [2.05, 4.69) is 11.0 Å². The molecule has 1 aliphatic rings. The van der Waals surface area contributed by atoms with Crippen LogP contribution in [-0.2, 0) is 0 Å². The summed E-state index contributed by atoms with van der Waals surface area (Å²) in [6.45, 7) is 4.59. The second kappa shape index (κ2) is 11.0. The largest absolute Gasteiger partial charge is 0.491 e. The van der Waals surface area contributed by atoms with Gasteiger partial charge in [0.15, 0.2) is 5.78 Å². The molecule has 0 aliphatic carbocycles. The Morgan fingerprint density at radius 2 is 1.58 bits per heavy atom. The Morgan fingerprint density at radius 1 is 0.939 bits per heavy atom. The van der Waals surface area contributed by atoms with E-state index in [-0.39, 0.29) is 12.4 Å². The first-order chi connectivity index (χ1) is 16.0. The number of carbonyl (C=O) groups excluding carboxylic acids is 1. The highest BCUT2D eigenvalue weighted by Gasteiger charge is 2.23. The fourth-order valence-corrected chi connectivity index (χ4v) is 4.32. The van der Waals surface area contributed by atoms with Gasteiger partial charge in [-0.05, 0) is 66.7 Å². The number of benzene rings is 3. The fraction of sp³-hybridized carbons (Fsp3) is 0.269. The highest BCUT2D eigenvalue weighted by Crippen LogP contribution is 2.19. The van der Waals surface area contributed by atoms with Crippen LogP contribution in [-0.4, -0.2) is 56.3 Å². The van der Waals surface area contributed by atoms with E-state index in [0.717, 1.165) is 36.9 Å². The Hall–Kier alpha value is -2.57. The van der Waals surface area contributed by atoms with E-state index < -0.39 is 6.10 Å². The number of ketones is 1. The minimum Gasteiger partial charge on any atom is -0.491 e. The molecule has 0 aromatic heterocycles. The van der Waals surface area contributed by atoms with E-state index in [1.807, 2.05) is 18.2 Å². The summed E-state index contributed by atoms with van der Waals surface area (Å²) in [6, 6.07) is 21.7. The van der Waals surface area contributed by atoms with Crippen LogP contribution >= 0.6 is 23.2 Å². The summed E-state index contributed by atoms with van der Waals surface area (Å²) < 4.78 is 5.75. The molecule has 0 saturated carbocycles. The average Bonchev–Trinajstić information content (AvgIpc) is 2.84. The van der Waals surface area contributed by atoms with Crippen LogP contribution < -0.4 is 14.5 Å². The molecule has 1 atom stereocenters. The van der Waals surface area contributed by atoms with Crippen molar-refractivity contribution in [1.29, 1.82) is 0 Å². The number of nitrogens with zero attached hydrogens (tertiary/aromatic N) is 1. The molecule has 0 bridgehead atoms. The van der Waals surface area contributed by atoms with E-state index in [4.69, 9.17) is 27.9 Å². The van der Waals surface area contributed by atoms with E-state index in [0.29, 0.717) is 28.4 Å². The fourth-order valence-electron chi connectivity index (χ4n) is 4.01. The molecule has 0 spiro atoms. The van der Waals surface area contributed by atoms with Gasteiger partial charge in [0.05, 0.1) is 26.2 Å². The Morgan fingerprint density at radius 3 is 2.21 bits per heavy atom. The second-order valence-electron chi connectivity index (χ2n) is 8.25. The molecule has 5 nitrogen and oxygen atoms in total. The number of anilines is 1. The number of aliphatic hydroxyl groups is 1. The molecule has 1 fully saturated rings. The smallest absolute Gasteiger partial charge is 0.193 e. The summed E-state index contributed by atoms with van der Waals surface area (Å²) in [5.74, 6) is 0.557. The van der Waals surface area contributed by atoms with E-state index in [1.165, 1.54) is 4.90 Å². The number of hydrogen-bond acceptors (Lipinski definition) is 4. The van der Waals surface area contributed by atoms with Gasteiger partial charge in [-0.2, -0.15) is 0 Å². The first-order valence-electron chi connectivity index (χ1n) is 11.0. The van der Waals surface area contributed by atoms with Crippen molar-refractivity contribution >= 4 is 34.7 Å². The number of piperazine rings is 1. The Bertz CT molecular complexity index is 1070. The molecule has 1 aliphatic heterocycles. The maximum absolute atomic E-state index is 12.6. The summed E-state index contributed by atoms with van der Waals surface area (Å²) in [5.41, 5.74) is 2.30. The third-order valence-electron chi connectivity index (χ3n) is 5.83. The summed E-state index contributed by atoms with van der Waals surface area (Å²) >= 11 is 12.0. The lowest BCUT2D eigenvalue weighted by atomic mass is 10.0. The molecule has 172 valence electrons. The highest BCUT2D eigenvalue weighted by molar-refractivity contribution is 6.31. The normalized spacial score (nSPS) is 15.3. The van der Waals surface area contributed by atoms with E-state index >= 15 is 0 Å².